The summed E-state index contributed by atoms with van der Waals surface area (Å²) in [5, 5.41) is 3.07. The van der Waals surface area contributed by atoms with Crippen LogP contribution in [0.4, 0.5) is 13.2 Å². The molecule has 1 saturated heterocycles. The van der Waals surface area contributed by atoms with Crippen LogP contribution in [0.5, 0.6) is 0 Å². The van der Waals surface area contributed by atoms with Gasteiger partial charge in [0.25, 0.3) is 0 Å². The first-order valence-electron chi connectivity index (χ1n) is 5.43. The molecule has 0 aromatic rings. The van der Waals surface area contributed by atoms with Crippen LogP contribution in [0, 0.1) is 5.92 Å². The van der Waals surface area contributed by atoms with Crippen LogP contribution in [0.15, 0.2) is 0 Å². The van der Waals surface area contributed by atoms with Crippen molar-refractivity contribution in [1.29, 1.82) is 0 Å². The van der Waals surface area contributed by atoms with Crippen molar-refractivity contribution >= 4 is 0 Å². The summed E-state index contributed by atoms with van der Waals surface area (Å²) in [5.74, 6) is 0.574. The van der Waals surface area contributed by atoms with Crippen molar-refractivity contribution in [3.63, 3.8) is 0 Å². The summed E-state index contributed by atoms with van der Waals surface area (Å²) in [4.78, 5) is 0. The van der Waals surface area contributed by atoms with Crippen LogP contribution in [-0.2, 0) is 4.74 Å². The second-order valence-corrected chi connectivity index (χ2v) is 3.98. The number of alkyl halides is 3. The highest BCUT2D eigenvalue weighted by Gasteiger charge is 2.25. The first-order chi connectivity index (χ1) is 7.08. The molecule has 1 aliphatic heterocycles. The summed E-state index contributed by atoms with van der Waals surface area (Å²) in [6.07, 6.45) is -2.49. The van der Waals surface area contributed by atoms with Crippen molar-refractivity contribution in [3.05, 3.63) is 0 Å². The van der Waals surface area contributed by atoms with Crippen LogP contribution >= 0.6 is 0 Å². The molecule has 1 fully saturated rings. The molecule has 15 heavy (non-hydrogen) atoms. The Morgan fingerprint density at radius 3 is 2.47 bits per heavy atom. The second kappa shape index (κ2) is 6.33. The van der Waals surface area contributed by atoms with Gasteiger partial charge in [-0.05, 0) is 38.3 Å². The smallest absolute Gasteiger partial charge is 0.381 e. The Morgan fingerprint density at radius 2 is 1.87 bits per heavy atom. The molecule has 0 unspecified atom stereocenters. The fraction of sp³-hybridized carbons (Fsp3) is 1.00. The van der Waals surface area contributed by atoms with Crippen molar-refractivity contribution in [2.45, 2.75) is 31.9 Å². The van der Waals surface area contributed by atoms with Gasteiger partial charge >= 0.3 is 6.18 Å². The topological polar surface area (TPSA) is 21.3 Å². The Balaban J connectivity index is 1.92. The van der Waals surface area contributed by atoms with E-state index in [-0.39, 0.29) is 6.42 Å². The first kappa shape index (κ1) is 12.8. The first-order valence-corrected chi connectivity index (χ1v) is 5.43. The van der Waals surface area contributed by atoms with Gasteiger partial charge in [0.05, 0.1) is 0 Å². The molecule has 1 N–H and O–H groups in total. The molecule has 1 rings (SSSR count). The van der Waals surface area contributed by atoms with Crippen molar-refractivity contribution < 1.29 is 17.9 Å². The van der Waals surface area contributed by atoms with Gasteiger partial charge in [-0.2, -0.15) is 13.2 Å². The average Bonchev–Trinajstić information content (AvgIpc) is 2.17. The second-order valence-electron chi connectivity index (χ2n) is 3.98. The Morgan fingerprint density at radius 1 is 1.20 bits per heavy atom. The van der Waals surface area contributed by atoms with Gasteiger partial charge in [0.15, 0.2) is 0 Å². The van der Waals surface area contributed by atoms with Crippen LogP contribution in [0.2, 0.25) is 0 Å². The van der Waals surface area contributed by atoms with Crippen molar-refractivity contribution in [1.82, 2.24) is 5.32 Å². The van der Waals surface area contributed by atoms with E-state index in [0.717, 1.165) is 32.6 Å². The molecule has 0 aromatic carbocycles. The Labute approximate surface area is 88.2 Å². The van der Waals surface area contributed by atoms with E-state index in [2.05, 4.69) is 5.32 Å². The lowest BCUT2D eigenvalue weighted by atomic mass is 10.0. The highest BCUT2D eigenvalue weighted by atomic mass is 19.4. The third-order valence-electron chi connectivity index (χ3n) is 2.59. The molecular weight excluding hydrogens is 207 g/mol. The predicted molar refractivity (Wildman–Crippen MR) is 51.7 cm³/mol. The van der Waals surface area contributed by atoms with Crippen LogP contribution < -0.4 is 5.32 Å². The SMILES string of the molecule is FC(F)(F)CCCNCC1CCOCC1. The van der Waals surface area contributed by atoms with E-state index in [4.69, 9.17) is 4.74 Å². The number of nitrogens with one attached hydrogen (secondary N) is 1. The van der Waals surface area contributed by atoms with Gasteiger partial charge in [0.2, 0.25) is 0 Å². The molecule has 0 saturated carbocycles. The minimum atomic E-state index is -4.01. The van der Waals surface area contributed by atoms with Gasteiger partial charge in [-0.25, -0.2) is 0 Å². The highest BCUT2D eigenvalue weighted by Crippen LogP contribution is 2.20. The fourth-order valence-electron chi connectivity index (χ4n) is 1.67. The van der Waals surface area contributed by atoms with E-state index < -0.39 is 12.6 Å². The Bertz CT molecular complexity index is 167. The van der Waals surface area contributed by atoms with E-state index in [1.165, 1.54) is 0 Å². The molecule has 0 amide bonds. The van der Waals surface area contributed by atoms with Crippen LogP contribution in [0.25, 0.3) is 0 Å². The zero-order chi connectivity index (χ0) is 11.1. The molecule has 0 radical (unpaired) electrons. The lowest BCUT2D eigenvalue weighted by Gasteiger charge is -2.22. The van der Waals surface area contributed by atoms with Gasteiger partial charge in [-0.1, -0.05) is 0 Å². The molecule has 0 aliphatic carbocycles. The maximum absolute atomic E-state index is 11.8. The zero-order valence-corrected chi connectivity index (χ0v) is 8.78. The van der Waals surface area contributed by atoms with E-state index in [1.54, 1.807) is 0 Å². The number of hydrogen-bond acceptors (Lipinski definition) is 2. The fourth-order valence-corrected chi connectivity index (χ4v) is 1.67. The minimum Gasteiger partial charge on any atom is -0.381 e. The van der Waals surface area contributed by atoms with Gasteiger partial charge in [0.1, 0.15) is 0 Å². The molecular formula is C10H18F3NO. The van der Waals surface area contributed by atoms with Gasteiger partial charge < -0.3 is 10.1 Å². The summed E-state index contributed by atoms with van der Waals surface area (Å²) >= 11 is 0. The summed E-state index contributed by atoms with van der Waals surface area (Å²) in [5.41, 5.74) is 0. The van der Waals surface area contributed by atoms with Crippen LogP contribution in [-0.4, -0.2) is 32.5 Å². The summed E-state index contributed by atoms with van der Waals surface area (Å²) in [6.45, 7) is 2.85. The number of halogens is 3. The van der Waals surface area contributed by atoms with Crippen molar-refractivity contribution in [2.75, 3.05) is 26.3 Å². The molecule has 5 heteroatoms. The van der Waals surface area contributed by atoms with Gasteiger partial charge in [-0.15, -0.1) is 0 Å². The lowest BCUT2D eigenvalue weighted by Crippen LogP contribution is -2.28. The molecule has 2 nitrogen and oxygen atoms in total. The maximum atomic E-state index is 11.8. The van der Waals surface area contributed by atoms with Crippen LogP contribution in [0.3, 0.4) is 0 Å². The molecule has 0 atom stereocenters. The van der Waals surface area contributed by atoms with Gasteiger partial charge in [-0.3, -0.25) is 0 Å². The van der Waals surface area contributed by atoms with E-state index >= 15 is 0 Å². The van der Waals surface area contributed by atoms with Gasteiger partial charge in [0, 0.05) is 19.6 Å². The standard InChI is InChI=1S/C10H18F3NO/c11-10(12,13)4-1-5-14-8-9-2-6-15-7-3-9/h9,14H,1-8H2. The zero-order valence-electron chi connectivity index (χ0n) is 8.78. The molecule has 0 aromatic heterocycles. The monoisotopic (exact) mass is 225 g/mol. The molecule has 1 heterocycles. The Kier molecular flexibility index (Phi) is 5.39. The molecule has 1 aliphatic rings. The number of ether oxygens (including phenoxy) is 1. The largest absolute Gasteiger partial charge is 0.389 e. The highest BCUT2D eigenvalue weighted by molar-refractivity contribution is 4.66. The summed E-state index contributed by atoms with van der Waals surface area (Å²) in [7, 11) is 0. The summed E-state index contributed by atoms with van der Waals surface area (Å²) < 4.78 is 40.6. The molecule has 0 spiro atoms. The maximum Gasteiger partial charge on any atom is 0.389 e. The van der Waals surface area contributed by atoms with E-state index in [9.17, 15) is 13.2 Å². The van der Waals surface area contributed by atoms with Crippen LogP contribution in [0.1, 0.15) is 25.7 Å². The minimum absolute atomic E-state index is 0.173. The number of rotatable bonds is 5. The normalized spacial score (nSPS) is 19.4. The van der Waals surface area contributed by atoms with E-state index in [1.807, 2.05) is 0 Å². The lowest BCUT2D eigenvalue weighted by molar-refractivity contribution is -0.135. The third kappa shape index (κ3) is 6.73. The van der Waals surface area contributed by atoms with Crippen molar-refractivity contribution in [2.24, 2.45) is 5.92 Å². The third-order valence-corrected chi connectivity index (χ3v) is 2.59. The molecule has 0 bridgehead atoms. The van der Waals surface area contributed by atoms with E-state index in [0.29, 0.717) is 12.5 Å². The number of hydrogen-bond donors (Lipinski definition) is 1. The quantitative estimate of drug-likeness (QED) is 0.725. The Hall–Kier alpha value is -0.290. The average molecular weight is 225 g/mol. The summed E-state index contributed by atoms with van der Waals surface area (Å²) in [6, 6.07) is 0. The van der Waals surface area contributed by atoms with Crippen molar-refractivity contribution in [3.8, 4) is 0 Å². The predicted octanol–water partition coefficient (Wildman–Crippen LogP) is 2.35. The molecule has 90 valence electrons.